The molecular formula is C14H15BrN4O3. The van der Waals surface area contributed by atoms with E-state index in [9.17, 15) is 14.9 Å². The Hall–Kier alpha value is -1.93. The van der Waals surface area contributed by atoms with Gasteiger partial charge in [-0.1, -0.05) is 0 Å². The summed E-state index contributed by atoms with van der Waals surface area (Å²) in [6.07, 6.45) is 0. The van der Waals surface area contributed by atoms with Gasteiger partial charge in [0.25, 0.3) is 11.6 Å². The number of hydrogen-bond acceptors (Lipinski definition) is 4. The number of non-ortho nitro benzene ring substituents is 1. The number of carbonyl (C=O) groups is 1. The summed E-state index contributed by atoms with van der Waals surface area (Å²) in [7, 11) is 2.03. The van der Waals surface area contributed by atoms with E-state index in [0.29, 0.717) is 34.2 Å². The Morgan fingerprint density at radius 2 is 2.00 bits per heavy atom. The van der Waals surface area contributed by atoms with Gasteiger partial charge in [-0.2, -0.15) is 0 Å². The van der Waals surface area contributed by atoms with Crippen molar-refractivity contribution in [3.8, 4) is 0 Å². The van der Waals surface area contributed by atoms with Crippen LogP contribution in [-0.4, -0.2) is 58.8 Å². The van der Waals surface area contributed by atoms with E-state index < -0.39 is 4.92 Å². The average molecular weight is 367 g/mol. The van der Waals surface area contributed by atoms with Crippen molar-refractivity contribution in [2.75, 3.05) is 33.2 Å². The van der Waals surface area contributed by atoms with E-state index in [0.717, 1.165) is 13.1 Å². The van der Waals surface area contributed by atoms with Gasteiger partial charge in [-0.3, -0.25) is 14.9 Å². The number of nitrogens with zero attached hydrogens (tertiary/aromatic N) is 3. The molecule has 1 fully saturated rings. The molecule has 1 N–H and O–H groups in total. The molecule has 1 aromatic heterocycles. The molecule has 116 valence electrons. The van der Waals surface area contributed by atoms with Gasteiger partial charge in [0.2, 0.25) is 0 Å². The Balaban J connectivity index is 1.95. The minimum absolute atomic E-state index is 0.00537. The SMILES string of the molecule is CN1CCN(C(=O)c2[nH]c3ccc([N+](=O)[O-])cc3c2Br)CC1. The minimum atomic E-state index is -0.444. The maximum absolute atomic E-state index is 12.6. The molecule has 2 aromatic rings. The summed E-state index contributed by atoms with van der Waals surface area (Å²) < 4.78 is 0.579. The molecule has 22 heavy (non-hydrogen) atoms. The first-order valence-corrected chi connectivity index (χ1v) is 7.70. The Morgan fingerprint density at radius 1 is 1.32 bits per heavy atom. The number of halogens is 1. The van der Waals surface area contributed by atoms with Crippen molar-refractivity contribution in [1.82, 2.24) is 14.8 Å². The van der Waals surface area contributed by atoms with Crippen LogP contribution >= 0.6 is 15.9 Å². The molecule has 0 aliphatic carbocycles. The van der Waals surface area contributed by atoms with Crippen LogP contribution in [0.3, 0.4) is 0 Å². The molecule has 1 amide bonds. The number of rotatable bonds is 2. The molecule has 0 unspecified atom stereocenters. The highest BCUT2D eigenvalue weighted by atomic mass is 79.9. The number of aromatic nitrogens is 1. The lowest BCUT2D eigenvalue weighted by Crippen LogP contribution is -2.47. The molecule has 0 atom stereocenters. The summed E-state index contributed by atoms with van der Waals surface area (Å²) >= 11 is 3.40. The number of nitro benzene ring substituents is 1. The number of hydrogen-bond donors (Lipinski definition) is 1. The van der Waals surface area contributed by atoms with Gasteiger partial charge in [-0.15, -0.1) is 0 Å². The average Bonchev–Trinajstić information content (AvgIpc) is 2.84. The smallest absolute Gasteiger partial charge is 0.271 e. The number of nitrogens with one attached hydrogen (secondary N) is 1. The lowest BCUT2D eigenvalue weighted by Gasteiger charge is -2.32. The summed E-state index contributed by atoms with van der Waals surface area (Å²) in [6.45, 7) is 3.04. The predicted octanol–water partition coefficient (Wildman–Crippen LogP) is 2.23. The maximum atomic E-state index is 12.6. The van der Waals surface area contributed by atoms with E-state index in [-0.39, 0.29) is 11.6 Å². The predicted molar refractivity (Wildman–Crippen MR) is 86.1 cm³/mol. The third kappa shape index (κ3) is 2.59. The molecule has 2 heterocycles. The zero-order chi connectivity index (χ0) is 15.9. The molecule has 1 aliphatic rings. The van der Waals surface area contributed by atoms with Crippen LogP contribution < -0.4 is 0 Å². The Morgan fingerprint density at radius 3 is 2.64 bits per heavy atom. The van der Waals surface area contributed by atoms with Crippen LogP contribution in [0.15, 0.2) is 22.7 Å². The van der Waals surface area contributed by atoms with Gasteiger partial charge >= 0.3 is 0 Å². The van der Waals surface area contributed by atoms with Crippen LogP contribution in [-0.2, 0) is 0 Å². The number of H-pyrrole nitrogens is 1. The second-order valence-corrected chi connectivity index (χ2v) is 6.19. The molecule has 3 rings (SSSR count). The fourth-order valence-corrected chi connectivity index (χ4v) is 3.17. The third-order valence-corrected chi connectivity index (χ3v) is 4.76. The van der Waals surface area contributed by atoms with Crippen LogP contribution in [0.1, 0.15) is 10.5 Å². The number of piperazine rings is 1. The van der Waals surface area contributed by atoms with E-state index in [1.807, 2.05) is 7.05 Å². The van der Waals surface area contributed by atoms with Crippen LogP contribution in [0.5, 0.6) is 0 Å². The minimum Gasteiger partial charge on any atom is -0.350 e. The van der Waals surface area contributed by atoms with Crippen molar-refractivity contribution in [3.63, 3.8) is 0 Å². The summed E-state index contributed by atoms with van der Waals surface area (Å²) in [5, 5.41) is 11.5. The maximum Gasteiger partial charge on any atom is 0.271 e. The number of fused-ring (bicyclic) bond motifs is 1. The first-order valence-electron chi connectivity index (χ1n) is 6.91. The van der Waals surface area contributed by atoms with Crippen molar-refractivity contribution < 1.29 is 9.72 Å². The molecule has 7 nitrogen and oxygen atoms in total. The summed E-state index contributed by atoms with van der Waals surface area (Å²) in [5.74, 6) is -0.0844. The molecule has 0 saturated carbocycles. The zero-order valence-corrected chi connectivity index (χ0v) is 13.6. The van der Waals surface area contributed by atoms with Gasteiger partial charge in [-0.25, -0.2) is 0 Å². The van der Waals surface area contributed by atoms with E-state index in [4.69, 9.17) is 0 Å². The highest BCUT2D eigenvalue weighted by Gasteiger charge is 2.25. The standard InChI is InChI=1S/C14H15BrN4O3/c1-17-4-6-18(7-5-17)14(20)13-12(15)10-8-9(19(21)22)2-3-11(10)16-13/h2-3,8,16H,4-7H2,1H3. The number of benzene rings is 1. The van der Waals surface area contributed by atoms with Crippen molar-refractivity contribution >= 4 is 38.4 Å². The number of carbonyl (C=O) groups excluding carboxylic acids is 1. The van der Waals surface area contributed by atoms with Crippen LogP contribution in [0.2, 0.25) is 0 Å². The van der Waals surface area contributed by atoms with E-state index in [1.54, 1.807) is 11.0 Å². The van der Waals surface area contributed by atoms with Crippen molar-refractivity contribution in [2.45, 2.75) is 0 Å². The molecule has 0 bridgehead atoms. The third-order valence-electron chi connectivity index (χ3n) is 3.93. The number of likely N-dealkylation sites (N-methyl/N-ethyl adjacent to an activating group) is 1. The van der Waals surface area contributed by atoms with Crippen molar-refractivity contribution in [2.24, 2.45) is 0 Å². The number of aromatic amines is 1. The fraction of sp³-hybridized carbons (Fsp3) is 0.357. The molecule has 1 aliphatic heterocycles. The fourth-order valence-electron chi connectivity index (χ4n) is 2.58. The normalized spacial score (nSPS) is 16.2. The molecule has 0 spiro atoms. The molecule has 0 radical (unpaired) electrons. The first kappa shape index (κ1) is 15.0. The van der Waals surface area contributed by atoms with Gasteiger partial charge in [0.15, 0.2) is 0 Å². The Bertz CT molecular complexity index is 750. The van der Waals surface area contributed by atoms with E-state index in [2.05, 4.69) is 25.8 Å². The van der Waals surface area contributed by atoms with Gasteiger partial charge in [0, 0.05) is 49.2 Å². The van der Waals surface area contributed by atoms with Gasteiger partial charge in [0.05, 0.1) is 9.40 Å². The highest BCUT2D eigenvalue weighted by molar-refractivity contribution is 9.10. The van der Waals surface area contributed by atoms with Gasteiger partial charge < -0.3 is 14.8 Å². The summed E-state index contributed by atoms with van der Waals surface area (Å²) in [4.78, 5) is 30.1. The van der Waals surface area contributed by atoms with E-state index >= 15 is 0 Å². The first-order chi connectivity index (χ1) is 10.5. The number of amides is 1. The van der Waals surface area contributed by atoms with Gasteiger partial charge in [-0.05, 0) is 29.0 Å². The summed E-state index contributed by atoms with van der Waals surface area (Å²) in [5.41, 5.74) is 1.15. The Kier molecular flexibility index (Phi) is 3.88. The highest BCUT2D eigenvalue weighted by Crippen LogP contribution is 2.31. The molecular weight excluding hydrogens is 352 g/mol. The quantitative estimate of drug-likeness (QED) is 0.652. The zero-order valence-electron chi connectivity index (χ0n) is 12.0. The Labute approximate surface area is 135 Å². The van der Waals surface area contributed by atoms with E-state index in [1.165, 1.54) is 12.1 Å². The second-order valence-electron chi connectivity index (χ2n) is 5.40. The molecule has 8 heteroatoms. The van der Waals surface area contributed by atoms with Crippen LogP contribution in [0, 0.1) is 10.1 Å². The number of nitro groups is 1. The lowest BCUT2D eigenvalue weighted by molar-refractivity contribution is -0.384. The second kappa shape index (κ2) is 5.69. The van der Waals surface area contributed by atoms with Gasteiger partial charge in [0.1, 0.15) is 5.69 Å². The van der Waals surface area contributed by atoms with Crippen LogP contribution in [0.4, 0.5) is 5.69 Å². The molecule has 1 saturated heterocycles. The van der Waals surface area contributed by atoms with Crippen molar-refractivity contribution in [1.29, 1.82) is 0 Å². The lowest BCUT2D eigenvalue weighted by atomic mass is 10.2. The monoisotopic (exact) mass is 366 g/mol. The largest absolute Gasteiger partial charge is 0.350 e. The van der Waals surface area contributed by atoms with Crippen LogP contribution in [0.25, 0.3) is 10.9 Å². The van der Waals surface area contributed by atoms with Crippen molar-refractivity contribution in [3.05, 3.63) is 38.5 Å². The molecule has 1 aromatic carbocycles. The summed E-state index contributed by atoms with van der Waals surface area (Å²) in [6, 6.07) is 4.52. The topological polar surface area (TPSA) is 82.5 Å².